The van der Waals surface area contributed by atoms with Crippen molar-refractivity contribution in [1.29, 1.82) is 0 Å². The molecular formula is C16H17N5O2. The van der Waals surface area contributed by atoms with Crippen LogP contribution in [-0.4, -0.2) is 33.3 Å². The highest BCUT2D eigenvalue weighted by Crippen LogP contribution is 2.27. The van der Waals surface area contributed by atoms with Gasteiger partial charge in [0.2, 0.25) is 5.95 Å². The van der Waals surface area contributed by atoms with Crippen molar-refractivity contribution in [2.24, 2.45) is 0 Å². The van der Waals surface area contributed by atoms with Gasteiger partial charge in [-0.05, 0) is 12.1 Å². The van der Waals surface area contributed by atoms with Gasteiger partial charge in [-0.1, -0.05) is 18.9 Å². The maximum Gasteiger partial charge on any atom is 0.223 e. The minimum absolute atomic E-state index is 0.251. The molecule has 1 aromatic carbocycles. The summed E-state index contributed by atoms with van der Waals surface area (Å²) in [7, 11) is 1.59. The van der Waals surface area contributed by atoms with Crippen LogP contribution in [0.4, 0.5) is 5.95 Å². The Morgan fingerprint density at radius 1 is 1.26 bits per heavy atom. The zero-order chi connectivity index (χ0) is 16.2. The molecular weight excluding hydrogens is 294 g/mol. The largest absolute Gasteiger partial charge is 0.494 e. The van der Waals surface area contributed by atoms with Gasteiger partial charge in [0.1, 0.15) is 24.5 Å². The summed E-state index contributed by atoms with van der Waals surface area (Å²) in [6, 6.07) is 5.62. The molecule has 0 aliphatic carbocycles. The zero-order valence-electron chi connectivity index (χ0n) is 13.0. The Kier molecular flexibility index (Phi) is 4.26. The Bertz CT molecular complexity index is 907. The van der Waals surface area contributed by atoms with E-state index in [1.807, 2.05) is 25.1 Å². The van der Waals surface area contributed by atoms with Crippen LogP contribution in [-0.2, 0) is 11.3 Å². The Hall–Kier alpha value is -2.85. The van der Waals surface area contributed by atoms with Crippen LogP contribution in [0.5, 0.6) is 5.75 Å². The highest BCUT2D eigenvalue weighted by Gasteiger charge is 2.14. The average molecular weight is 311 g/mol. The summed E-state index contributed by atoms with van der Waals surface area (Å²) in [5.74, 6) is 7.28. The highest BCUT2D eigenvalue weighted by atomic mass is 16.5. The molecule has 0 saturated carbocycles. The third kappa shape index (κ3) is 2.89. The van der Waals surface area contributed by atoms with Gasteiger partial charge in [-0.25, -0.2) is 9.97 Å². The van der Waals surface area contributed by atoms with Gasteiger partial charge in [-0.15, -0.1) is 11.0 Å². The number of fused-ring (bicyclic) bond motifs is 3. The van der Waals surface area contributed by atoms with E-state index in [1.54, 1.807) is 7.11 Å². The first-order chi connectivity index (χ1) is 11.2. The molecule has 7 heteroatoms. The number of benzene rings is 1. The van der Waals surface area contributed by atoms with Gasteiger partial charge in [0, 0.05) is 11.8 Å². The molecule has 3 rings (SSSR count). The lowest BCUT2D eigenvalue weighted by molar-refractivity contribution is 0.147. The van der Waals surface area contributed by atoms with Gasteiger partial charge in [-0.2, -0.15) is 4.52 Å². The van der Waals surface area contributed by atoms with Gasteiger partial charge in [0.05, 0.1) is 7.11 Å². The number of nitrogens with zero attached hydrogens (tertiary/aromatic N) is 4. The third-order valence-corrected chi connectivity index (χ3v) is 3.26. The molecule has 0 unspecified atom stereocenters. The number of anilines is 1. The van der Waals surface area contributed by atoms with Crippen molar-refractivity contribution < 1.29 is 9.47 Å². The second-order valence-corrected chi connectivity index (χ2v) is 4.79. The maximum absolute atomic E-state index is 5.98. The molecule has 0 spiro atoms. The molecule has 0 aliphatic heterocycles. The monoisotopic (exact) mass is 311 g/mol. The Morgan fingerprint density at radius 3 is 2.91 bits per heavy atom. The van der Waals surface area contributed by atoms with Crippen LogP contribution in [0.2, 0.25) is 0 Å². The molecule has 0 fully saturated rings. The molecule has 0 amide bonds. The zero-order valence-corrected chi connectivity index (χ0v) is 13.0. The molecule has 0 saturated heterocycles. The number of hydrogen-bond donors (Lipinski definition) is 1. The lowest BCUT2D eigenvalue weighted by Crippen LogP contribution is -2.03. The maximum atomic E-state index is 5.98. The average Bonchev–Trinajstić information content (AvgIpc) is 2.99. The summed E-state index contributed by atoms with van der Waals surface area (Å²) >= 11 is 0. The third-order valence-electron chi connectivity index (χ3n) is 3.26. The van der Waals surface area contributed by atoms with Gasteiger partial charge in [-0.3, -0.25) is 0 Å². The first-order valence-corrected chi connectivity index (χ1v) is 7.26. The summed E-state index contributed by atoms with van der Waals surface area (Å²) in [4.78, 5) is 8.86. The predicted molar refractivity (Wildman–Crippen MR) is 87.0 cm³/mol. The standard InChI is InChI=1S/C16H17N5O2/c1-3-4-5-9-23-10-13-18-15-11-7-6-8-12(22-2)14(11)19-16(17)21(15)20-13/h6-8H,3,9-10H2,1-2H3,(H2,17,19). The number of para-hydroxylation sites is 1. The van der Waals surface area contributed by atoms with Crippen LogP contribution < -0.4 is 10.5 Å². The topological polar surface area (TPSA) is 87.6 Å². The van der Waals surface area contributed by atoms with E-state index in [0.29, 0.717) is 29.3 Å². The van der Waals surface area contributed by atoms with Crippen LogP contribution in [0.1, 0.15) is 19.2 Å². The van der Waals surface area contributed by atoms with Crippen molar-refractivity contribution in [1.82, 2.24) is 19.6 Å². The Morgan fingerprint density at radius 2 is 2.13 bits per heavy atom. The van der Waals surface area contributed by atoms with Crippen molar-refractivity contribution in [3.8, 4) is 17.6 Å². The number of nitrogens with two attached hydrogens (primary N) is 1. The molecule has 3 aromatic rings. The van der Waals surface area contributed by atoms with Crippen LogP contribution in [0, 0.1) is 11.8 Å². The highest BCUT2D eigenvalue weighted by molar-refractivity contribution is 5.95. The quantitative estimate of drug-likeness (QED) is 0.584. The number of ether oxygens (including phenoxy) is 2. The van der Waals surface area contributed by atoms with E-state index in [0.717, 1.165) is 11.8 Å². The Balaban J connectivity index is 1.98. The van der Waals surface area contributed by atoms with Gasteiger partial charge in [0.25, 0.3) is 0 Å². The van der Waals surface area contributed by atoms with E-state index in [9.17, 15) is 0 Å². The van der Waals surface area contributed by atoms with Gasteiger partial charge >= 0.3 is 0 Å². The molecule has 0 aliphatic rings. The fourth-order valence-electron chi connectivity index (χ4n) is 2.26. The van der Waals surface area contributed by atoms with Crippen LogP contribution in [0.15, 0.2) is 18.2 Å². The van der Waals surface area contributed by atoms with Crippen molar-refractivity contribution >= 4 is 22.5 Å². The van der Waals surface area contributed by atoms with E-state index in [-0.39, 0.29) is 12.6 Å². The molecule has 2 heterocycles. The van der Waals surface area contributed by atoms with Crippen LogP contribution >= 0.6 is 0 Å². The molecule has 2 N–H and O–H groups in total. The fraction of sp³-hybridized carbons (Fsp3) is 0.312. The van der Waals surface area contributed by atoms with E-state index < -0.39 is 0 Å². The van der Waals surface area contributed by atoms with E-state index >= 15 is 0 Å². The minimum atomic E-state index is 0.251. The lowest BCUT2D eigenvalue weighted by atomic mass is 10.2. The molecule has 7 nitrogen and oxygen atoms in total. The number of hydrogen-bond acceptors (Lipinski definition) is 6. The first-order valence-electron chi connectivity index (χ1n) is 7.26. The van der Waals surface area contributed by atoms with Crippen molar-refractivity contribution in [3.63, 3.8) is 0 Å². The van der Waals surface area contributed by atoms with Crippen molar-refractivity contribution in [2.45, 2.75) is 20.0 Å². The second-order valence-electron chi connectivity index (χ2n) is 4.79. The summed E-state index contributed by atoms with van der Waals surface area (Å²) < 4.78 is 12.3. The fourth-order valence-corrected chi connectivity index (χ4v) is 2.26. The smallest absolute Gasteiger partial charge is 0.223 e. The SMILES string of the molecule is CCC#CCOCc1nc2c3cccc(OC)c3nc(N)n2n1. The summed E-state index contributed by atoms with van der Waals surface area (Å²) in [6.45, 7) is 2.61. The Labute approximate surface area is 133 Å². The number of methoxy groups -OCH3 is 1. The molecule has 2 aromatic heterocycles. The summed E-state index contributed by atoms with van der Waals surface area (Å²) in [5.41, 5.74) is 7.27. The summed E-state index contributed by atoms with van der Waals surface area (Å²) in [5, 5.41) is 5.16. The minimum Gasteiger partial charge on any atom is -0.494 e. The number of rotatable bonds is 4. The van der Waals surface area contributed by atoms with E-state index in [1.165, 1.54) is 4.52 Å². The number of nitrogen functional groups attached to an aromatic ring is 1. The molecule has 0 atom stereocenters. The predicted octanol–water partition coefficient (Wildman–Crippen LogP) is 1.80. The molecule has 118 valence electrons. The van der Waals surface area contributed by atoms with Gasteiger partial charge in [0.15, 0.2) is 11.5 Å². The second kappa shape index (κ2) is 6.50. The lowest BCUT2D eigenvalue weighted by Gasteiger charge is -2.06. The van der Waals surface area contributed by atoms with E-state index in [2.05, 4.69) is 26.9 Å². The van der Waals surface area contributed by atoms with Crippen molar-refractivity contribution in [3.05, 3.63) is 24.0 Å². The normalized spacial score (nSPS) is 10.7. The van der Waals surface area contributed by atoms with Gasteiger partial charge < -0.3 is 15.2 Å². The first kappa shape index (κ1) is 15.1. The molecule has 0 radical (unpaired) electrons. The van der Waals surface area contributed by atoms with Crippen LogP contribution in [0.3, 0.4) is 0 Å². The summed E-state index contributed by atoms with van der Waals surface area (Å²) in [6.07, 6.45) is 0.812. The molecule has 0 bridgehead atoms. The van der Waals surface area contributed by atoms with E-state index in [4.69, 9.17) is 15.2 Å². The number of aromatic nitrogens is 4. The van der Waals surface area contributed by atoms with Crippen molar-refractivity contribution in [2.75, 3.05) is 19.5 Å². The molecule has 23 heavy (non-hydrogen) atoms. The van der Waals surface area contributed by atoms with Crippen LogP contribution in [0.25, 0.3) is 16.6 Å².